The summed E-state index contributed by atoms with van der Waals surface area (Å²) in [5, 5.41) is 0. The second-order valence-electron chi connectivity index (χ2n) is 4.44. The lowest BCUT2D eigenvalue weighted by atomic mass is 10.3. The van der Waals surface area contributed by atoms with Crippen molar-refractivity contribution in [3.8, 4) is 11.5 Å². The van der Waals surface area contributed by atoms with E-state index < -0.39 is 10.0 Å². The molecule has 6 nitrogen and oxygen atoms in total. The Bertz CT molecular complexity index is 543. The van der Waals surface area contributed by atoms with Crippen LogP contribution in [-0.2, 0) is 10.0 Å². The highest BCUT2D eigenvalue weighted by atomic mass is 32.2. The van der Waals surface area contributed by atoms with Gasteiger partial charge in [-0.3, -0.25) is 0 Å². The largest absolute Gasteiger partial charge is 0.486 e. The summed E-state index contributed by atoms with van der Waals surface area (Å²) >= 11 is 0. The lowest BCUT2D eigenvalue weighted by molar-refractivity contribution is 0.167. The van der Waals surface area contributed by atoms with Crippen LogP contribution >= 0.6 is 0 Å². The molecule has 0 saturated heterocycles. The normalized spacial score (nSPS) is 16.1. The van der Waals surface area contributed by atoms with Gasteiger partial charge in [-0.1, -0.05) is 6.07 Å². The van der Waals surface area contributed by atoms with E-state index >= 15 is 0 Å². The lowest BCUT2D eigenvalue weighted by Gasteiger charge is -2.21. The Hall–Kier alpha value is -1.31. The first-order valence-electron chi connectivity index (χ1n) is 6.14. The Morgan fingerprint density at radius 2 is 2.11 bits per heavy atom. The Morgan fingerprint density at radius 1 is 1.37 bits per heavy atom. The molecule has 0 radical (unpaired) electrons. The number of nitrogens with two attached hydrogens (primary N) is 1. The molecule has 19 heavy (non-hydrogen) atoms. The Kier molecular flexibility index (Phi) is 4.28. The number of nitrogens with one attached hydrogen (secondary N) is 1. The first-order valence-corrected chi connectivity index (χ1v) is 7.63. The van der Waals surface area contributed by atoms with Gasteiger partial charge in [0.05, 0.1) is 0 Å². The van der Waals surface area contributed by atoms with Crippen molar-refractivity contribution in [3.63, 3.8) is 0 Å². The minimum atomic E-state index is -3.61. The molecule has 1 aromatic rings. The van der Waals surface area contributed by atoms with E-state index in [-0.39, 0.29) is 16.7 Å². The maximum absolute atomic E-state index is 12.2. The van der Waals surface area contributed by atoms with Crippen LogP contribution in [0.1, 0.15) is 13.3 Å². The fourth-order valence-electron chi connectivity index (χ4n) is 1.76. The summed E-state index contributed by atoms with van der Waals surface area (Å²) in [5.41, 5.74) is 5.59. The molecule has 1 unspecified atom stereocenters. The van der Waals surface area contributed by atoms with Crippen LogP contribution in [0.2, 0.25) is 0 Å². The van der Waals surface area contributed by atoms with E-state index in [0.717, 1.165) is 0 Å². The molecule has 1 atom stereocenters. The summed E-state index contributed by atoms with van der Waals surface area (Å²) in [6, 6.07) is 4.78. The predicted molar refractivity (Wildman–Crippen MR) is 70.9 cm³/mol. The molecule has 0 fully saturated rings. The number of hydrogen-bond donors (Lipinski definition) is 2. The third kappa shape index (κ3) is 3.37. The maximum Gasteiger partial charge on any atom is 0.244 e. The molecule has 2 rings (SSSR count). The third-order valence-electron chi connectivity index (χ3n) is 2.71. The summed E-state index contributed by atoms with van der Waals surface area (Å²) in [7, 11) is -3.61. The molecule has 0 aliphatic carbocycles. The van der Waals surface area contributed by atoms with Crippen LogP contribution in [0.25, 0.3) is 0 Å². The Morgan fingerprint density at radius 3 is 2.84 bits per heavy atom. The SMILES string of the molecule is CC(N)CCNS(=O)(=O)c1cccc2c1OCCO2. The van der Waals surface area contributed by atoms with E-state index in [0.29, 0.717) is 31.9 Å². The highest BCUT2D eigenvalue weighted by molar-refractivity contribution is 7.89. The highest BCUT2D eigenvalue weighted by Gasteiger charge is 2.24. The first-order chi connectivity index (χ1) is 9.00. The van der Waals surface area contributed by atoms with Crippen LogP contribution in [0, 0.1) is 0 Å². The summed E-state index contributed by atoms with van der Waals surface area (Å²) in [6.45, 7) is 2.90. The van der Waals surface area contributed by atoms with Crippen LogP contribution < -0.4 is 19.9 Å². The van der Waals surface area contributed by atoms with E-state index in [1.165, 1.54) is 6.07 Å². The molecule has 0 bridgehead atoms. The minimum absolute atomic E-state index is 0.0491. The van der Waals surface area contributed by atoms with Crippen molar-refractivity contribution in [1.29, 1.82) is 0 Å². The topological polar surface area (TPSA) is 90.7 Å². The average Bonchev–Trinajstić information content (AvgIpc) is 2.37. The number of benzene rings is 1. The lowest BCUT2D eigenvalue weighted by Crippen LogP contribution is -2.30. The molecule has 7 heteroatoms. The Labute approximate surface area is 112 Å². The number of hydrogen-bond acceptors (Lipinski definition) is 5. The monoisotopic (exact) mass is 286 g/mol. The number of para-hydroxylation sites is 1. The minimum Gasteiger partial charge on any atom is -0.486 e. The van der Waals surface area contributed by atoms with Crippen molar-refractivity contribution in [1.82, 2.24) is 4.72 Å². The van der Waals surface area contributed by atoms with Crippen LogP contribution in [0.15, 0.2) is 23.1 Å². The van der Waals surface area contributed by atoms with Crippen molar-refractivity contribution in [2.75, 3.05) is 19.8 Å². The van der Waals surface area contributed by atoms with Crippen LogP contribution in [0.4, 0.5) is 0 Å². The van der Waals surface area contributed by atoms with Crippen LogP contribution in [-0.4, -0.2) is 34.2 Å². The number of sulfonamides is 1. The fourth-order valence-corrected chi connectivity index (χ4v) is 2.96. The molecule has 3 N–H and O–H groups in total. The Balaban J connectivity index is 2.21. The third-order valence-corrected chi connectivity index (χ3v) is 4.20. The maximum atomic E-state index is 12.2. The molecule has 1 heterocycles. The summed E-state index contributed by atoms with van der Waals surface area (Å²) in [4.78, 5) is 0.106. The van der Waals surface area contributed by atoms with Gasteiger partial charge in [-0.15, -0.1) is 0 Å². The van der Waals surface area contributed by atoms with E-state index in [1.54, 1.807) is 12.1 Å². The van der Waals surface area contributed by atoms with Gasteiger partial charge in [0.1, 0.15) is 18.1 Å². The molecule has 0 aromatic heterocycles. The van der Waals surface area contributed by atoms with Crippen molar-refractivity contribution in [3.05, 3.63) is 18.2 Å². The summed E-state index contributed by atoms with van der Waals surface area (Å²) < 4.78 is 37.7. The summed E-state index contributed by atoms with van der Waals surface area (Å²) in [5.74, 6) is 0.739. The van der Waals surface area contributed by atoms with Crippen LogP contribution in [0.3, 0.4) is 0 Å². The van der Waals surface area contributed by atoms with Gasteiger partial charge in [0.15, 0.2) is 11.5 Å². The second-order valence-corrected chi connectivity index (χ2v) is 6.18. The first kappa shape index (κ1) is 14.1. The number of fused-ring (bicyclic) bond motifs is 1. The zero-order chi connectivity index (χ0) is 13.9. The van der Waals surface area contributed by atoms with E-state index in [4.69, 9.17) is 15.2 Å². The van der Waals surface area contributed by atoms with Crippen molar-refractivity contribution in [2.45, 2.75) is 24.3 Å². The molecular weight excluding hydrogens is 268 g/mol. The van der Waals surface area contributed by atoms with Gasteiger partial charge in [0.2, 0.25) is 10.0 Å². The summed E-state index contributed by atoms with van der Waals surface area (Å²) in [6.07, 6.45) is 0.575. The van der Waals surface area contributed by atoms with Gasteiger partial charge >= 0.3 is 0 Å². The molecule has 1 aromatic carbocycles. The number of ether oxygens (including phenoxy) is 2. The standard InChI is InChI=1S/C12H18N2O4S/c1-9(13)5-6-14-19(15,16)11-4-2-3-10-12(11)18-8-7-17-10/h2-4,9,14H,5-8,13H2,1H3. The fraction of sp³-hybridized carbons (Fsp3) is 0.500. The zero-order valence-electron chi connectivity index (χ0n) is 10.8. The smallest absolute Gasteiger partial charge is 0.244 e. The van der Waals surface area contributed by atoms with Gasteiger partial charge in [0.25, 0.3) is 0 Å². The molecule has 0 amide bonds. The molecule has 1 aliphatic rings. The molecular formula is C12H18N2O4S. The van der Waals surface area contributed by atoms with Gasteiger partial charge in [-0.25, -0.2) is 13.1 Å². The molecule has 0 spiro atoms. The van der Waals surface area contributed by atoms with Gasteiger partial charge in [-0.2, -0.15) is 0 Å². The highest BCUT2D eigenvalue weighted by Crippen LogP contribution is 2.36. The zero-order valence-corrected chi connectivity index (χ0v) is 11.6. The molecule has 1 aliphatic heterocycles. The second kappa shape index (κ2) is 5.77. The van der Waals surface area contributed by atoms with E-state index in [2.05, 4.69) is 4.72 Å². The van der Waals surface area contributed by atoms with Crippen molar-refractivity contribution >= 4 is 10.0 Å². The van der Waals surface area contributed by atoms with Crippen molar-refractivity contribution < 1.29 is 17.9 Å². The van der Waals surface area contributed by atoms with Gasteiger partial charge in [-0.05, 0) is 25.5 Å². The van der Waals surface area contributed by atoms with Gasteiger partial charge in [0, 0.05) is 12.6 Å². The molecule has 0 saturated carbocycles. The quantitative estimate of drug-likeness (QED) is 0.821. The predicted octanol–water partition coefficient (Wildman–Crippen LogP) is 0.473. The molecule has 106 valence electrons. The van der Waals surface area contributed by atoms with Crippen molar-refractivity contribution in [2.24, 2.45) is 5.73 Å². The van der Waals surface area contributed by atoms with Gasteiger partial charge < -0.3 is 15.2 Å². The van der Waals surface area contributed by atoms with Crippen LogP contribution in [0.5, 0.6) is 11.5 Å². The number of rotatable bonds is 5. The van der Waals surface area contributed by atoms with E-state index in [9.17, 15) is 8.42 Å². The van der Waals surface area contributed by atoms with E-state index in [1.807, 2.05) is 6.92 Å². The average molecular weight is 286 g/mol.